The Labute approximate surface area is 125 Å². The van der Waals surface area contributed by atoms with Crippen molar-refractivity contribution in [3.8, 4) is 0 Å². The summed E-state index contributed by atoms with van der Waals surface area (Å²) in [4.78, 5) is 0. The third-order valence-electron chi connectivity index (χ3n) is 2.90. The first kappa shape index (κ1) is 18.2. The third kappa shape index (κ3) is 5.88. The van der Waals surface area contributed by atoms with Gasteiger partial charge in [-0.1, -0.05) is 88.6 Å². The summed E-state index contributed by atoms with van der Waals surface area (Å²) in [6, 6.07) is 0. The normalized spacial score (nSPS) is 15.2. The molecule has 0 amide bonds. The zero-order valence-corrected chi connectivity index (χ0v) is 13.6. The van der Waals surface area contributed by atoms with Crippen LogP contribution >= 0.6 is 0 Å². The van der Waals surface area contributed by atoms with Crippen molar-refractivity contribution in [2.24, 2.45) is 5.41 Å². The minimum absolute atomic E-state index is 0.0469. The lowest BCUT2D eigenvalue weighted by molar-refractivity contribution is 0.514. The molecule has 0 aromatic heterocycles. The molecule has 0 heteroatoms. The van der Waals surface area contributed by atoms with Crippen molar-refractivity contribution in [3.63, 3.8) is 0 Å². The Kier molecular flexibility index (Phi) is 8.31. The van der Waals surface area contributed by atoms with E-state index in [1.165, 1.54) is 16.7 Å². The quantitative estimate of drug-likeness (QED) is 0.493. The van der Waals surface area contributed by atoms with E-state index >= 15 is 0 Å². The predicted octanol–water partition coefficient (Wildman–Crippen LogP) is 6.34. The fourth-order valence-electron chi connectivity index (χ4n) is 1.94. The van der Waals surface area contributed by atoms with Crippen molar-refractivity contribution in [2.45, 2.75) is 34.6 Å². The molecular weight excluding hydrogens is 240 g/mol. The summed E-state index contributed by atoms with van der Waals surface area (Å²) in [5.41, 5.74) is 3.65. The number of allylic oxidation sites excluding steroid dienone is 12. The SMILES string of the molecule is C=C\C=C/C(C(/C=C\C=C/C)=C\C)=C(\C=C)C(C)(C)C. The molecule has 0 aliphatic heterocycles. The third-order valence-corrected chi connectivity index (χ3v) is 2.90. The Hall–Kier alpha value is -1.82. The van der Waals surface area contributed by atoms with Crippen molar-refractivity contribution in [1.82, 2.24) is 0 Å². The van der Waals surface area contributed by atoms with Gasteiger partial charge in [-0.2, -0.15) is 0 Å². The van der Waals surface area contributed by atoms with Gasteiger partial charge in [-0.25, -0.2) is 0 Å². The molecule has 0 atom stereocenters. The van der Waals surface area contributed by atoms with E-state index in [2.05, 4.69) is 65.2 Å². The van der Waals surface area contributed by atoms with E-state index in [9.17, 15) is 0 Å². The van der Waals surface area contributed by atoms with Gasteiger partial charge in [0, 0.05) is 0 Å². The Morgan fingerprint density at radius 2 is 1.55 bits per heavy atom. The van der Waals surface area contributed by atoms with Crippen molar-refractivity contribution >= 4 is 0 Å². The molecule has 0 bridgehead atoms. The molecule has 0 unspecified atom stereocenters. The molecule has 0 aromatic carbocycles. The molecule has 20 heavy (non-hydrogen) atoms. The summed E-state index contributed by atoms with van der Waals surface area (Å²) >= 11 is 0. The second kappa shape index (κ2) is 9.14. The van der Waals surface area contributed by atoms with Gasteiger partial charge >= 0.3 is 0 Å². The molecule has 0 spiro atoms. The number of rotatable bonds is 6. The van der Waals surface area contributed by atoms with Crippen LogP contribution in [0.15, 0.2) is 84.6 Å². The van der Waals surface area contributed by atoms with Crippen LogP contribution in [0.5, 0.6) is 0 Å². The Morgan fingerprint density at radius 3 is 1.95 bits per heavy atom. The van der Waals surface area contributed by atoms with E-state index < -0.39 is 0 Å². The molecule has 0 saturated carbocycles. The van der Waals surface area contributed by atoms with Crippen LogP contribution < -0.4 is 0 Å². The topological polar surface area (TPSA) is 0 Å². The monoisotopic (exact) mass is 268 g/mol. The maximum atomic E-state index is 3.99. The van der Waals surface area contributed by atoms with Gasteiger partial charge in [-0.3, -0.25) is 0 Å². The van der Waals surface area contributed by atoms with E-state index in [0.717, 1.165) is 0 Å². The fraction of sp³-hybridized carbons (Fsp3) is 0.300. The molecule has 0 nitrogen and oxygen atoms in total. The molecule has 0 fully saturated rings. The smallest absolute Gasteiger partial charge is 0.0126 e. The molecule has 0 aliphatic carbocycles. The highest BCUT2D eigenvalue weighted by atomic mass is 14.2. The second-order valence-electron chi connectivity index (χ2n) is 5.51. The Balaban J connectivity index is 6.01. The lowest BCUT2D eigenvalue weighted by Crippen LogP contribution is -2.10. The van der Waals surface area contributed by atoms with Crippen LogP contribution in [0.25, 0.3) is 0 Å². The van der Waals surface area contributed by atoms with Crippen molar-refractivity contribution in [3.05, 3.63) is 84.6 Å². The summed E-state index contributed by atoms with van der Waals surface area (Å²) in [5.74, 6) is 0. The van der Waals surface area contributed by atoms with E-state index in [0.29, 0.717) is 0 Å². The first-order valence-electron chi connectivity index (χ1n) is 7.04. The van der Waals surface area contributed by atoms with E-state index in [1.54, 1.807) is 6.08 Å². The number of hydrogen-bond donors (Lipinski definition) is 0. The number of hydrogen-bond acceptors (Lipinski definition) is 0. The summed E-state index contributed by atoms with van der Waals surface area (Å²) in [6.07, 6.45) is 18.2. The van der Waals surface area contributed by atoms with E-state index in [-0.39, 0.29) is 5.41 Å². The summed E-state index contributed by atoms with van der Waals surface area (Å²) in [7, 11) is 0. The lowest BCUT2D eigenvalue weighted by Gasteiger charge is -2.24. The maximum absolute atomic E-state index is 3.99. The molecule has 0 N–H and O–H groups in total. The Morgan fingerprint density at radius 1 is 0.900 bits per heavy atom. The molecular formula is C20H28. The van der Waals surface area contributed by atoms with Crippen LogP contribution in [0.4, 0.5) is 0 Å². The van der Waals surface area contributed by atoms with Gasteiger partial charge in [0.2, 0.25) is 0 Å². The Bertz CT molecular complexity index is 469. The predicted molar refractivity (Wildman–Crippen MR) is 93.7 cm³/mol. The van der Waals surface area contributed by atoms with Gasteiger partial charge in [0.1, 0.15) is 0 Å². The van der Waals surface area contributed by atoms with Gasteiger partial charge < -0.3 is 0 Å². The summed E-state index contributed by atoms with van der Waals surface area (Å²) in [5, 5.41) is 0. The molecule has 0 saturated heterocycles. The van der Waals surface area contributed by atoms with Crippen molar-refractivity contribution < 1.29 is 0 Å². The van der Waals surface area contributed by atoms with Gasteiger partial charge in [0.05, 0.1) is 0 Å². The van der Waals surface area contributed by atoms with E-state index in [4.69, 9.17) is 0 Å². The van der Waals surface area contributed by atoms with Crippen molar-refractivity contribution in [2.75, 3.05) is 0 Å². The van der Waals surface area contributed by atoms with Gasteiger partial charge in [0.25, 0.3) is 0 Å². The molecule has 108 valence electrons. The lowest BCUT2D eigenvalue weighted by atomic mass is 9.81. The van der Waals surface area contributed by atoms with Gasteiger partial charge in [-0.05, 0) is 36.0 Å². The zero-order valence-electron chi connectivity index (χ0n) is 13.6. The average molecular weight is 268 g/mol. The van der Waals surface area contributed by atoms with Crippen LogP contribution in [-0.2, 0) is 0 Å². The molecule has 0 rings (SSSR count). The second-order valence-corrected chi connectivity index (χ2v) is 5.51. The van der Waals surface area contributed by atoms with E-state index in [1.807, 2.05) is 31.2 Å². The highest BCUT2D eigenvalue weighted by Gasteiger charge is 2.18. The van der Waals surface area contributed by atoms with Gasteiger partial charge in [-0.15, -0.1) is 0 Å². The van der Waals surface area contributed by atoms with Crippen LogP contribution in [0.1, 0.15) is 34.6 Å². The minimum atomic E-state index is 0.0469. The molecule has 0 aromatic rings. The van der Waals surface area contributed by atoms with Crippen molar-refractivity contribution in [1.29, 1.82) is 0 Å². The van der Waals surface area contributed by atoms with Crippen LogP contribution in [-0.4, -0.2) is 0 Å². The first-order valence-corrected chi connectivity index (χ1v) is 7.04. The van der Waals surface area contributed by atoms with Crippen LogP contribution in [0.3, 0.4) is 0 Å². The standard InChI is InChI=1S/C20H28/c1-8-12-14-15-17(10-3)18(16-13-9-2)19(11-4)20(5,6)7/h8-16H,2,4H2,1,3,5-7H3/b12-8-,15-14-,16-13-,17-10-,19-18-. The zero-order chi connectivity index (χ0) is 15.6. The first-order chi connectivity index (χ1) is 9.42. The molecule has 0 aliphatic rings. The summed E-state index contributed by atoms with van der Waals surface area (Å²) in [6.45, 7) is 18.4. The molecule has 0 heterocycles. The highest BCUT2D eigenvalue weighted by molar-refractivity contribution is 5.53. The van der Waals surface area contributed by atoms with Crippen LogP contribution in [0, 0.1) is 5.41 Å². The molecule has 0 radical (unpaired) electrons. The summed E-state index contributed by atoms with van der Waals surface area (Å²) < 4.78 is 0. The average Bonchev–Trinajstić information content (AvgIpc) is 2.38. The fourth-order valence-corrected chi connectivity index (χ4v) is 1.94. The maximum Gasteiger partial charge on any atom is -0.0126 e. The largest absolute Gasteiger partial charge is 0.0991 e. The van der Waals surface area contributed by atoms with Gasteiger partial charge in [0.15, 0.2) is 0 Å². The highest BCUT2D eigenvalue weighted by Crippen LogP contribution is 2.33. The minimum Gasteiger partial charge on any atom is -0.0991 e. The van der Waals surface area contributed by atoms with Crippen LogP contribution in [0.2, 0.25) is 0 Å².